The summed E-state index contributed by atoms with van der Waals surface area (Å²) in [5.41, 5.74) is 0.812. The van der Waals surface area contributed by atoms with E-state index in [1.54, 1.807) is 30.9 Å². The molecule has 30 heavy (non-hydrogen) atoms. The lowest BCUT2D eigenvalue weighted by molar-refractivity contribution is 0.0645. The minimum atomic E-state index is -1.13. The van der Waals surface area contributed by atoms with E-state index in [0.717, 1.165) is 16.9 Å². The summed E-state index contributed by atoms with van der Waals surface area (Å²) in [6.07, 6.45) is -0.289. The van der Waals surface area contributed by atoms with Crippen molar-refractivity contribution in [2.45, 2.75) is 32.1 Å². The number of amides is 1. The summed E-state index contributed by atoms with van der Waals surface area (Å²) >= 11 is 0. The number of hydrogen-bond donors (Lipinski definition) is 1. The van der Waals surface area contributed by atoms with Gasteiger partial charge < -0.3 is 19.2 Å². The molecule has 2 heterocycles. The third-order valence-electron chi connectivity index (χ3n) is 4.76. The van der Waals surface area contributed by atoms with E-state index in [1.807, 2.05) is 54.6 Å². The summed E-state index contributed by atoms with van der Waals surface area (Å²) in [7, 11) is 0. The number of rotatable bonds is 2. The van der Waals surface area contributed by atoms with E-state index in [-0.39, 0.29) is 17.8 Å². The van der Waals surface area contributed by atoms with Gasteiger partial charge in [0.15, 0.2) is 11.5 Å². The van der Waals surface area contributed by atoms with Gasteiger partial charge in [0.25, 0.3) is 5.91 Å². The number of hydrogen-bond acceptors (Lipinski definition) is 4. The van der Waals surface area contributed by atoms with Crippen molar-refractivity contribution in [2.75, 3.05) is 6.54 Å². The molecular weight excluding hydrogens is 378 g/mol. The SMILES string of the molecule is CC(C)(O)C#Cc1ccc(C(=O)N2Cc3ccccc3OC(c3ccccc3)C2)o1. The van der Waals surface area contributed by atoms with Gasteiger partial charge in [-0.1, -0.05) is 54.5 Å². The minimum Gasteiger partial charge on any atom is -0.484 e. The van der Waals surface area contributed by atoms with Gasteiger partial charge in [0, 0.05) is 12.1 Å². The number of para-hydroxylation sites is 1. The summed E-state index contributed by atoms with van der Waals surface area (Å²) in [5, 5.41) is 9.76. The molecular formula is C25H23NO4. The highest BCUT2D eigenvalue weighted by Crippen LogP contribution is 2.31. The second-order valence-electron chi connectivity index (χ2n) is 7.78. The standard InChI is InChI=1S/C25H23NO4/c1-25(2,28)15-14-20-12-13-22(29-20)24(27)26-16-19-10-6-7-11-21(19)30-23(17-26)18-8-4-3-5-9-18/h3-13,23,28H,16-17H2,1-2H3. The summed E-state index contributed by atoms with van der Waals surface area (Å²) < 4.78 is 11.9. The highest BCUT2D eigenvalue weighted by molar-refractivity contribution is 5.91. The molecule has 152 valence electrons. The van der Waals surface area contributed by atoms with Gasteiger partial charge in [-0.25, -0.2) is 0 Å². The van der Waals surface area contributed by atoms with Crippen LogP contribution in [0, 0.1) is 11.8 Å². The first kappa shape index (κ1) is 19.8. The minimum absolute atomic E-state index is 0.209. The van der Waals surface area contributed by atoms with Crippen molar-refractivity contribution < 1.29 is 19.1 Å². The Bertz CT molecular complexity index is 1100. The molecule has 1 aliphatic heterocycles. The monoisotopic (exact) mass is 401 g/mol. The van der Waals surface area contributed by atoms with Crippen LogP contribution in [-0.2, 0) is 6.54 Å². The normalized spacial score (nSPS) is 16.0. The van der Waals surface area contributed by atoms with Crippen LogP contribution in [0.4, 0.5) is 0 Å². The van der Waals surface area contributed by atoms with E-state index in [9.17, 15) is 9.90 Å². The van der Waals surface area contributed by atoms with Crippen LogP contribution in [0.5, 0.6) is 5.75 Å². The molecule has 0 fully saturated rings. The Balaban J connectivity index is 1.63. The number of carbonyl (C=O) groups excluding carboxylic acids is 1. The second-order valence-corrected chi connectivity index (χ2v) is 7.78. The van der Waals surface area contributed by atoms with Crippen LogP contribution < -0.4 is 4.74 Å². The van der Waals surface area contributed by atoms with E-state index >= 15 is 0 Å². The van der Waals surface area contributed by atoms with Gasteiger partial charge in [0.1, 0.15) is 17.5 Å². The van der Waals surface area contributed by atoms with Crippen LogP contribution in [0.25, 0.3) is 0 Å². The van der Waals surface area contributed by atoms with E-state index < -0.39 is 5.60 Å². The summed E-state index contributed by atoms with van der Waals surface area (Å²) in [5.74, 6) is 6.55. The molecule has 1 N–H and O–H groups in total. The molecule has 1 aromatic heterocycles. The first-order valence-electron chi connectivity index (χ1n) is 9.83. The molecule has 3 aromatic rings. The van der Waals surface area contributed by atoms with Crippen LogP contribution in [0.3, 0.4) is 0 Å². The number of benzene rings is 2. The third kappa shape index (κ3) is 4.56. The number of carbonyl (C=O) groups is 1. The van der Waals surface area contributed by atoms with Gasteiger partial charge in [-0.05, 0) is 43.5 Å². The Morgan fingerprint density at radius 1 is 1.07 bits per heavy atom. The van der Waals surface area contributed by atoms with Gasteiger partial charge >= 0.3 is 0 Å². The molecule has 2 aromatic carbocycles. The second kappa shape index (κ2) is 8.10. The Labute approximate surface area is 175 Å². The molecule has 5 nitrogen and oxygen atoms in total. The van der Waals surface area contributed by atoms with Gasteiger partial charge in [-0.2, -0.15) is 0 Å². The molecule has 1 aliphatic rings. The van der Waals surface area contributed by atoms with Crippen LogP contribution in [0.15, 0.2) is 71.1 Å². The number of furan rings is 1. The molecule has 0 bridgehead atoms. The molecule has 0 saturated carbocycles. The van der Waals surface area contributed by atoms with Crippen molar-refractivity contribution in [1.29, 1.82) is 0 Å². The van der Waals surface area contributed by atoms with Gasteiger partial charge in [0.2, 0.25) is 0 Å². The lowest BCUT2D eigenvalue weighted by Gasteiger charge is -2.23. The zero-order valence-corrected chi connectivity index (χ0v) is 17.0. The summed E-state index contributed by atoms with van der Waals surface area (Å²) in [6.45, 7) is 3.99. The van der Waals surface area contributed by atoms with E-state index in [1.165, 1.54) is 0 Å². The Hall–Kier alpha value is -3.49. The van der Waals surface area contributed by atoms with Crippen molar-refractivity contribution >= 4 is 5.91 Å². The largest absolute Gasteiger partial charge is 0.484 e. The van der Waals surface area contributed by atoms with Crippen LogP contribution in [0.1, 0.15) is 47.4 Å². The molecule has 1 unspecified atom stereocenters. The Morgan fingerprint density at radius 3 is 2.57 bits per heavy atom. The summed E-state index contributed by atoms with van der Waals surface area (Å²) in [6, 6.07) is 20.9. The molecule has 1 atom stereocenters. The number of nitrogens with zero attached hydrogens (tertiary/aromatic N) is 1. The van der Waals surface area contributed by atoms with Crippen molar-refractivity contribution in [1.82, 2.24) is 4.90 Å². The first-order chi connectivity index (χ1) is 14.4. The van der Waals surface area contributed by atoms with Gasteiger partial charge in [-0.3, -0.25) is 4.79 Å². The first-order valence-corrected chi connectivity index (χ1v) is 9.83. The third-order valence-corrected chi connectivity index (χ3v) is 4.76. The zero-order valence-electron chi connectivity index (χ0n) is 17.0. The fourth-order valence-corrected chi connectivity index (χ4v) is 3.30. The molecule has 0 radical (unpaired) electrons. The van der Waals surface area contributed by atoms with Gasteiger partial charge in [-0.15, -0.1) is 0 Å². The highest BCUT2D eigenvalue weighted by Gasteiger charge is 2.29. The van der Waals surface area contributed by atoms with E-state index in [4.69, 9.17) is 9.15 Å². The lowest BCUT2D eigenvalue weighted by Crippen LogP contribution is -2.33. The van der Waals surface area contributed by atoms with E-state index in [2.05, 4.69) is 11.8 Å². The quantitative estimate of drug-likeness (QED) is 0.655. The van der Waals surface area contributed by atoms with Crippen molar-refractivity contribution in [2.24, 2.45) is 0 Å². The Morgan fingerprint density at radius 2 is 1.80 bits per heavy atom. The smallest absolute Gasteiger partial charge is 0.290 e. The lowest BCUT2D eigenvalue weighted by atomic mass is 10.1. The fraction of sp³-hybridized carbons (Fsp3) is 0.240. The fourth-order valence-electron chi connectivity index (χ4n) is 3.30. The van der Waals surface area contributed by atoms with E-state index in [0.29, 0.717) is 18.8 Å². The molecule has 1 amide bonds. The zero-order chi connectivity index (χ0) is 21.1. The molecule has 0 saturated heterocycles. The van der Waals surface area contributed by atoms with Crippen molar-refractivity contribution in [3.63, 3.8) is 0 Å². The van der Waals surface area contributed by atoms with Crippen LogP contribution in [-0.4, -0.2) is 28.1 Å². The highest BCUT2D eigenvalue weighted by atomic mass is 16.5. The molecule has 0 spiro atoms. The van der Waals surface area contributed by atoms with Crippen LogP contribution in [0.2, 0.25) is 0 Å². The maximum absolute atomic E-state index is 13.2. The van der Waals surface area contributed by atoms with Crippen molar-refractivity contribution in [3.8, 4) is 17.6 Å². The summed E-state index contributed by atoms with van der Waals surface area (Å²) in [4.78, 5) is 15.0. The number of fused-ring (bicyclic) bond motifs is 1. The number of ether oxygens (including phenoxy) is 1. The molecule has 0 aliphatic carbocycles. The molecule has 4 rings (SSSR count). The maximum atomic E-state index is 13.2. The Kier molecular flexibility index (Phi) is 5.35. The average molecular weight is 401 g/mol. The molecule has 5 heteroatoms. The number of aliphatic hydroxyl groups is 1. The van der Waals surface area contributed by atoms with Crippen molar-refractivity contribution in [3.05, 3.63) is 89.4 Å². The van der Waals surface area contributed by atoms with Gasteiger partial charge in [0.05, 0.1) is 6.54 Å². The topological polar surface area (TPSA) is 62.9 Å². The maximum Gasteiger partial charge on any atom is 0.290 e. The average Bonchev–Trinajstić information content (AvgIpc) is 3.12. The predicted molar refractivity (Wildman–Crippen MR) is 113 cm³/mol. The van der Waals surface area contributed by atoms with Crippen LogP contribution >= 0.6 is 0 Å². The predicted octanol–water partition coefficient (Wildman–Crippen LogP) is 4.18.